The van der Waals surface area contributed by atoms with Crippen molar-refractivity contribution in [2.45, 2.75) is 26.0 Å². The Morgan fingerprint density at radius 3 is 2.38 bits per heavy atom. The van der Waals surface area contributed by atoms with Crippen LogP contribution in [-0.4, -0.2) is 35.5 Å². The average Bonchev–Trinajstić information content (AvgIpc) is 2.61. The maximum absolute atomic E-state index is 12.3. The molecular weight excluding hydrogens is 344 g/mol. The van der Waals surface area contributed by atoms with Crippen molar-refractivity contribution in [3.63, 3.8) is 0 Å². The lowest BCUT2D eigenvalue weighted by Gasteiger charge is -2.18. The van der Waals surface area contributed by atoms with Crippen LogP contribution in [-0.2, 0) is 17.8 Å². The molecule has 1 amide bonds. The van der Waals surface area contributed by atoms with Gasteiger partial charge in [0.15, 0.2) is 0 Å². The van der Waals surface area contributed by atoms with E-state index in [9.17, 15) is 18.4 Å². The van der Waals surface area contributed by atoms with E-state index >= 15 is 0 Å². The molecule has 1 N–H and O–H groups in total. The minimum Gasteiger partial charge on any atom is -0.478 e. The standard InChI is InChI=1S/C19H19F2NO4/c1-22(12-13-6-9-15(10-7-13)26-19(20)21)17(23)11-8-14-4-2-3-5-16(14)18(24)25/h2-7,9-10,19H,8,11-12H2,1H3,(H,24,25). The number of amides is 1. The van der Waals surface area contributed by atoms with Crippen LogP contribution >= 0.6 is 0 Å². The summed E-state index contributed by atoms with van der Waals surface area (Å²) in [6.45, 7) is -2.56. The Labute approximate surface area is 149 Å². The van der Waals surface area contributed by atoms with Crippen molar-refractivity contribution in [2.75, 3.05) is 7.05 Å². The fraction of sp³-hybridized carbons (Fsp3) is 0.263. The summed E-state index contributed by atoms with van der Waals surface area (Å²) < 4.78 is 28.5. The molecule has 2 aromatic rings. The number of rotatable bonds is 8. The van der Waals surface area contributed by atoms with E-state index in [1.165, 1.54) is 23.1 Å². The molecule has 7 heteroatoms. The SMILES string of the molecule is CN(Cc1ccc(OC(F)F)cc1)C(=O)CCc1ccccc1C(=O)O. The Balaban J connectivity index is 1.91. The van der Waals surface area contributed by atoms with Crippen LogP contribution in [0.4, 0.5) is 8.78 Å². The van der Waals surface area contributed by atoms with Crippen molar-refractivity contribution in [1.29, 1.82) is 0 Å². The lowest BCUT2D eigenvalue weighted by molar-refractivity contribution is -0.130. The number of nitrogens with zero attached hydrogens (tertiary/aromatic N) is 1. The van der Waals surface area contributed by atoms with Crippen molar-refractivity contribution < 1.29 is 28.2 Å². The van der Waals surface area contributed by atoms with E-state index in [2.05, 4.69) is 4.74 Å². The molecule has 0 spiro atoms. The molecule has 0 heterocycles. The summed E-state index contributed by atoms with van der Waals surface area (Å²) in [5, 5.41) is 9.16. The number of aryl methyl sites for hydroxylation is 1. The molecule has 0 fully saturated rings. The molecule has 0 bridgehead atoms. The molecule has 0 saturated heterocycles. The topological polar surface area (TPSA) is 66.8 Å². The molecule has 26 heavy (non-hydrogen) atoms. The Hall–Kier alpha value is -2.96. The predicted octanol–water partition coefficient (Wildman–Crippen LogP) is 3.58. The summed E-state index contributed by atoms with van der Waals surface area (Å²) in [6.07, 6.45) is 0.500. The first-order valence-electron chi connectivity index (χ1n) is 7.95. The summed E-state index contributed by atoms with van der Waals surface area (Å²) in [6, 6.07) is 12.6. The molecule has 0 saturated carbocycles. The van der Waals surface area contributed by atoms with Crippen LogP contribution in [0.5, 0.6) is 5.75 Å². The maximum atomic E-state index is 12.3. The molecule has 0 unspecified atom stereocenters. The van der Waals surface area contributed by atoms with Crippen molar-refractivity contribution in [2.24, 2.45) is 0 Å². The van der Waals surface area contributed by atoms with Gasteiger partial charge < -0.3 is 14.7 Å². The van der Waals surface area contributed by atoms with E-state index < -0.39 is 12.6 Å². The van der Waals surface area contributed by atoms with Crippen LogP contribution in [0.15, 0.2) is 48.5 Å². The highest BCUT2D eigenvalue weighted by molar-refractivity contribution is 5.89. The number of alkyl halides is 2. The Morgan fingerprint density at radius 1 is 1.12 bits per heavy atom. The second kappa shape index (κ2) is 8.94. The van der Waals surface area contributed by atoms with Crippen LogP contribution < -0.4 is 4.74 Å². The fourth-order valence-electron chi connectivity index (χ4n) is 2.52. The predicted molar refractivity (Wildman–Crippen MR) is 91.3 cm³/mol. The Morgan fingerprint density at radius 2 is 1.77 bits per heavy atom. The molecular formula is C19H19F2NO4. The van der Waals surface area contributed by atoms with E-state index in [-0.39, 0.29) is 23.6 Å². The molecule has 5 nitrogen and oxygen atoms in total. The molecule has 0 aliphatic heterocycles. The molecule has 138 valence electrons. The number of carbonyl (C=O) groups excluding carboxylic acids is 1. The minimum atomic E-state index is -2.88. The second-order valence-corrected chi connectivity index (χ2v) is 5.73. The van der Waals surface area contributed by atoms with Crippen LogP contribution in [0.1, 0.15) is 27.9 Å². The van der Waals surface area contributed by atoms with E-state index in [4.69, 9.17) is 5.11 Å². The van der Waals surface area contributed by atoms with Crippen LogP contribution in [0.2, 0.25) is 0 Å². The zero-order chi connectivity index (χ0) is 19.1. The zero-order valence-corrected chi connectivity index (χ0v) is 14.2. The third-order valence-electron chi connectivity index (χ3n) is 3.85. The lowest BCUT2D eigenvalue weighted by atomic mass is 10.0. The smallest absolute Gasteiger partial charge is 0.387 e. The molecule has 0 aliphatic rings. The Kier molecular flexibility index (Phi) is 6.66. The van der Waals surface area contributed by atoms with Gasteiger partial charge in [-0.1, -0.05) is 30.3 Å². The molecule has 0 atom stereocenters. The van der Waals surface area contributed by atoms with E-state index in [0.29, 0.717) is 18.5 Å². The van der Waals surface area contributed by atoms with Gasteiger partial charge in [0.1, 0.15) is 5.75 Å². The quantitative estimate of drug-likeness (QED) is 0.779. The summed E-state index contributed by atoms with van der Waals surface area (Å²) >= 11 is 0. The van der Waals surface area contributed by atoms with Crippen molar-refractivity contribution >= 4 is 11.9 Å². The number of carboxylic acids is 1. The Bertz CT molecular complexity index is 762. The van der Waals surface area contributed by atoms with Gasteiger partial charge in [0.05, 0.1) is 5.56 Å². The van der Waals surface area contributed by atoms with Gasteiger partial charge in [-0.25, -0.2) is 4.79 Å². The number of benzene rings is 2. The van der Waals surface area contributed by atoms with Crippen LogP contribution in [0.25, 0.3) is 0 Å². The number of hydrogen-bond donors (Lipinski definition) is 1. The molecule has 2 aromatic carbocycles. The van der Waals surface area contributed by atoms with E-state index in [1.54, 1.807) is 37.4 Å². The average molecular weight is 363 g/mol. The van der Waals surface area contributed by atoms with Gasteiger partial charge >= 0.3 is 12.6 Å². The number of carbonyl (C=O) groups is 2. The number of carboxylic acid groups (broad SMARTS) is 1. The molecule has 0 aliphatic carbocycles. The van der Waals surface area contributed by atoms with Crippen molar-refractivity contribution in [1.82, 2.24) is 4.90 Å². The van der Waals surface area contributed by atoms with Crippen molar-refractivity contribution in [3.05, 3.63) is 65.2 Å². The number of aromatic carboxylic acids is 1. The summed E-state index contributed by atoms with van der Waals surface area (Å²) in [5.41, 5.74) is 1.57. The van der Waals surface area contributed by atoms with Gasteiger partial charge in [-0.2, -0.15) is 8.78 Å². The highest BCUT2D eigenvalue weighted by Gasteiger charge is 2.13. The summed E-state index contributed by atoms with van der Waals surface area (Å²) in [7, 11) is 1.63. The van der Waals surface area contributed by atoms with Crippen LogP contribution in [0.3, 0.4) is 0 Å². The lowest BCUT2D eigenvalue weighted by Crippen LogP contribution is -2.26. The third kappa shape index (κ3) is 5.54. The monoisotopic (exact) mass is 363 g/mol. The first kappa shape index (κ1) is 19.4. The minimum absolute atomic E-state index is 0.0583. The van der Waals surface area contributed by atoms with E-state index in [1.807, 2.05) is 0 Å². The van der Waals surface area contributed by atoms with Gasteiger partial charge in [-0.05, 0) is 35.7 Å². The number of hydrogen-bond acceptors (Lipinski definition) is 3. The van der Waals surface area contributed by atoms with Gasteiger partial charge in [0, 0.05) is 20.0 Å². The van der Waals surface area contributed by atoms with Crippen molar-refractivity contribution in [3.8, 4) is 5.75 Å². The van der Waals surface area contributed by atoms with Gasteiger partial charge in [0.2, 0.25) is 5.91 Å². The third-order valence-corrected chi connectivity index (χ3v) is 3.85. The summed E-state index contributed by atoms with van der Waals surface area (Å²) in [4.78, 5) is 25.0. The van der Waals surface area contributed by atoms with E-state index in [0.717, 1.165) is 5.56 Å². The van der Waals surface area contributed by atoms with Gasteiger partial charge in [0.25, 0.3) is 0 Å². The second-order valence-electron chi connectivity index (χ2n) is 5.73. The maximum Gasteiger partial charge on any atom is 0.387 e. The van der Waals surface area contributed by atoms with Gasteiger partial charge in [-0.15, -0.1) is 0 Å². The largest absolute Gasteiger partial charge is 0.478 e. The molecule has 2 rings (SSSR count). The first-order valence-corrected chi connectivity index (χ1v) is 7.95. The number of ether oxygens (including phenoxy) is 1. The zero-order valence-electron chi connectivity index (χ0n) is 14.2. The highest BCUT2D eigenvalue weighted by Crippen LogP contribution is 2.16. The first-order chi connectivity index (χ1) is 12.4. The highest BCUT2D eigenvalue weighted by atomic mass is 19.3. The van der Waals surface area contributed by atoms with Gasteiger partial charge in [-0.3, -0.25) is 4.79 Å². The number of halogens is 2. The summed E-state index contributed by atoms with van der Waals surface area (Å²) in [5.74, 6) is -1.10. The van der Waals surface area contributed by atoms with Crippen LogP contribution in [0, 0.1) is 0 Å². The normalized spacial score (nSPS) is 10.6. The molecule has 0 radical (unpaired) electrons. The molecule has 0 aromatic heterocycles. The fourth-order valence-corrected chi connectivity index (χ4v) is 2.52.